The summed E-state index contributed by atoms with van der Waals surface area (Å²) in [6.07, 6.45) is 4.78. The van der Waals surface area contributed by atoms with Crippen molar-refractivity contribution in [2.75, 3.05) is 19.6 Å². The zero-order valence-corrected chi connectivity index (χ0v) is 14.6. The second kappa shape index (κ2) is 8.38. The number of likely N-dealkylation sites (tertiary alicyclic amines) is 1. The lowest BCUT2D eigenvalue weighted by Gasteiger charge is -2.34. The van der Waals surface area contributed by atoms with Crippen molar-refractivity contribution < 1.29 is 0 Å². The van der Waals surface area contributed by atoms with Crippen molar-refractivity contribution in [2.45, 2.75) is 51.6 Å². The minimum Gasteiger partial charge on any atom is -0.307 e. The second-order valence-corrected chi connectivity index (χ2v) is 6.73. The fraction of sp³-hybridized carbons (Fsp3) is 0.647. The van der Waals surface area contributed by atoms with Crippen LogP contribution in [-0.2, 0) is 0 Å². The first-order valence-electron chi connectivity index (χ1n) is 8.07. The first-order valence-corrected chi connectivity index (χ1v) is 8.83. The molecule has 1 aliphatic heterocycles. The Morgan fingerprint density at radius 2 is 1.90 bits per heavy atom. The Balaban J connectivity index is 1.92. The fourth-order valence-electron chi connectivity index (χ4n) is 3.10. The van der Waals surface area contributed by atoms with Gasteiger partial charge in [0.25, 0.3) is 0 Å². The van der Waals surface area contributed by atoms with Gasteiger partial charge in [-0.25, -0.2) is 0 Å². The lowest BCUT2D eigenvalue weighted by molar-refractivity contribution is 0.190. The number of piperidine rings is 1. The maximum atomic E-state index is 6.15. The first-order chi connectivity index (χ1) is 10.1. The number of hydrogen-bond acceptors (Lipinski definition) is 2. The van der Waals surface area contributed by atoms with Crippen LogP contribution in [0.3, 0.4) is 0 Å². The molecule has 2 nitrogen and oxygen atoms in total. The van der Waals surface area contributed by atoms with E-state index in [-0.39, 0.29) is 0 Å². The van der Waals surface area contributed by atoms with Crippen LogP contribution in [-0.4, -0.2) is 30.6 Å². The van der Waals surface area contributed by atoms with Crippen LogP contribution in [0.5, 0.6) is 0 Å². The van der Waals surface area contributed by atoms with Crippen LogP contribution in [0.25, 0.3) is 0 Å². The summed E-state index contributed by atoms with van der Waals surface area (Å²) < 4.78 is 0. The molecule has 1 aromatic carbocycles. The van der Waals surface area contributed by atoms with Crippen LogP contribution in [0.2, 0.25) is 10.0 Å². The van der Waals surface area contributed by atoms with E-state index in [1.54, 1.807) is 0 Å². The quantitative estimate of drug-likeness (QED) is 0.798. The molecule has 1 atom stereocenters. The molecular formula is C17H26Cl2N2. The summed E-state index contributed by atoms with van der Waals surface area (Å²) in [5.41, 5.74) is 1.24. The number of hydrogen-bond donors (Lipinski definition) is 1. The van der Waals surface area contributed by atoms with Gasteiger partial charge in [0.15, 0.2) is 0 Å². The summed E-state index contributed by atoms with van der Waals surface area (Å²) in [5, 5.41) is 5.08. The van der Waals surface area contributed by atoms with Crippen LogP contribution in [0, 0.1) is 0 Å². The van der Waals surface area contributed by atoms with Gasteiger partial charge in [-0.1, -0.05) is 43.1 Å². The second-order valence-electron chi connectivity index (χ2n) is 5.92. The van der Waals surface area contributed by atoms with Crippen molar-refractivity contribution in [1.29, 1.82) is 0 Å². The Morgan fingerprint density at radius 1 is 1.19 bits per heavy atom. The van der Waals surface area contributed by atoms with Crippen LogP contribution < -0.4 is 5.32 Å². The van der Waals surface area contributed by atoms with E-state index in [1.807, 2.05) is 12.1 Å². The van der Waals surface area contributed by atoms with Crippen LogP contribution >= 0.6 is 23.2 Å². The van der Waals surface area contributed by atoms with Crippen molar-refractivity contribution in [3.8, 4) is 0 Å². The van der Waals surface area contributed by atoms with Crippen LogP contribution in [0.15, 0.2) is 18.2 Å². The molecule has 0 aliphatic carbocycles. The molecule has 1 aromatic rings. The van der Waals surface area contributed by atoms with Gasteiger partial charge in [0.05, 0.1) is 10.0 Å². The smallest absolute Gasteiger partial charge is 0.0595 e. The predicted octanol–water partition coefficient (Wildman–Crippen LogP) is 4.91. The SMILES string of the molecule is CCCN1CCC(NC(CC)c2ccc(Cl)c(Cl)c2)CC1. The largest absolute Gasteiger partial charge is 0.307 e. The number of rotatable bonds is 6. The van der Waals surface area contributed by atoms with Gasteiger partial charge in [-0.3, -0.25) is 0 Å². The molecule has 1 N–H and O–H groups in total. The Kier molecular flexibility index (Phi) is 6.81. The van der Waals surface area contributed by atoms with E-state index < -0.39 is 0 Å². The first kappa shape index (κ1) is 17.1. The van der Waals surface area contributed by atoms with Crippen LogP contribution in [0.1, 0.15) is 51.1 Å². The van der Waals surface area contributed by atoms with E-state index in [0.29, 0.717) is 22.1 Å². The van der Waals surface area contributed by atoms with E-state index in [1.165, 1.54) is 44.5 Å². The Labute approximate surface area is 138 Å². The van der Waals surface area contributed by atoms with Gasteiger partial charge in [0, 0.05) is 12.1 Å². The van der Waals surface area contributed by atoms with Crippen molar-refractivity contribution in [3.05, 3.63) is 33.8 Å². The summed E-state index contributed by atoms with van der Waals surface area (Å²) in [4.78, 5) is 2.57. The monoisotopic (exact) mass is 328 g/mol. The molecule has 0 amide bonds. The average Bonchev–Trinajstić information content (AvgIpc) is 2.50. The Bertz CT molecular complexity index is 442. The molecule has 1 aliphatic rings. The van der Waals surface area contributed by atoms with Gasteiger partial charge in [0.1, 0.15) is 0 Å². The summed E-state index contributed by atoms with van der Waals surface area (Å²) >= 11 is 12.2. The molecule has 0 radical (unpaired) electrons. The third-order valence-corrected chi connectivity index (χ3v) is 5.06. The van der Waals surface area contributed by atoms with E-state index in [2.05, 4.69) is 30.1 Å². The van der Waals surface area contributed by atoms with Crippen molar-refractivity contribution in [1.82, 2.24) is 10.2 Å². The zero-order valence-electron chi connectivity index (χ0n) is 13.0. The molecule has 1 fully saturated rings. The molecule has 118 valence electrons. The molecule has 0 bridgehead atoms. The van der Waals surface area contributed by atoms with Gasteiger partial charge in [-0.15, -0.1) is 0 Å². The predicted molar refractivity (Wildman–Crippen MR) is 92.4 cm³/mol. The summed E-state index contributed by atoms with van der Waals surface area (Å²) in [7, 11) is 0. The van der Waals surface area contributed by atoms with E-state index in [9.17, 15) is 0 Å². The highest BCUT2D eigenvalue weighted by Crippen LogP contribution is 2.27. The highest BCUT2D eigenvalue weighted by atomic mass is 35.5. The zero-order chi connectivity index (χ0) is 15.2. The Hall–Kier alpha value is -0.280. The molecule has 0 aromatic heterocycles. The summed E-state index contributed by atoms with van der Waals surface area (Å²) in [5.74, 6) is 0. The van der Waals surface area contributed by atoms with Crippen molar-refractivity contribution in [3.63, 3.8) is 0 Å². The van der Waals surface area contributed by atoms with Gasteiger partial charge >= 0.3 is 0 Å². The highest BCUT2D eigenvalue weighted by molar-refractivity contribution is 6.42. The number of benzene rings is 1. The van der Waals surface area contributed by atoms with Gasteiger partial charge in [-0.2, -0.15) is 0 Å². The maximum Gasteiger partial charge on any atom is 0.0595 e. The normalized spacial score (nSPS) is 18.9. The highest BCUT2D eigenvalue weighted by Gasteiger charge is 2.21. The van der Waals surface area contributed by atoms with Gasteiger partial charge in [-0.05, 0) is 63.0 Å². The minimum absolute atomic E-state index is 0.363. The molecule has 21 heavy (non-hydrogen) atoms. The molecule has 1 saturated heterocycles. The van der Waals surface area contributed by atoms with Crippen molar-refractivity contribution in [2.24, 2.45) is 0 Å². The average molecular weight is 329 g/mol. The van der Waals surface area contributed by atoms with Gasteiger partial charge in [0.2, 0.25) is 0 Å². The molecule has 1 heterocycles. The molecule has 4 heteroatoms. The number of nitrogens with zero attached hydrogens (tertiary/aromatic N) is 1. The van der Waals surface area contributed by atoms with Crippen molar-refractivity contribution >= 4 is 23.2 Å². The maximum absolute atomic E-state index is 6.15. The number of nitrogens with one attached hydrogen (secondary N) is 1. The standard InChI is InChI=1S/C17H26Cl2N2/c1-3-9-21-10-7-14(8-11-21)20-17(4-2)13-5-6-15(18)16(19)12-13/h5-6,12,14,17,20H,3-4,7-11H2,1-2H3. The van der Waals surface area contributed by atoms with E-state index in [0.717, 1.165) is 6.42 Å². The molecule has 0 spiro atoms. The fourth-order valence-corrected chi connectivity index (χ4v) is 3.41. The third kappa shape index (κ3) is 4.85. The lowest BCUT2D eigenvalue weighted by Crippen LogP contribution is -2.43. The lowest BCUT2D eigenvalue weighted by atomic mass is 9.99. The van der Waals surface area contributed by atoms with Gasteiger partial charge < -0.3 is 10.2 Å². The van der Waals surface area contributed by atoms with E-state index in [4.69, 9.17) is 23.2 Å². The topological polar surface area (TPSA) is 15.3 Å². The van der Waals surface area contributed by atoms with Crippen LogP contribution in [0.4, 0.5) is 0 Å². The molecule has 2 rings (SSSR count). The molecule has 1 unspecified atom stereocenters. The summed E-state index contributed by atoms with van der Waals surface area (Å²) in [6, 6.07) is 6.95. The molecular weight excluding hydrogens is 303 g/mol. The Morgan fingerprint density at radius 3 is 2.48 bits per heavy atom. The summed E-state index contributed by atoms with van der Waals surface area (Å²) in [6.45, 7) is 8.12. The third-order valence-electron chi connectivity index (χ3n) is 4.32. The van der Waals surface area contributed by atoms with E-state index >= 15 is 0 Å². The minimum atomic E-state index is 0.363. The number of halogens is 2. The molecule has 0 saturated carbocycles.